The van der Waals surface area contributed by atoms with Crippen LogP contribution in [0.15, 0.2) is 23.9 Å². The van der Waals surface area contributed by atoms with E-state index in [2.05, 4.69) is 6.58 Å². The van der Waals surface area contributed by atoms with Gasteiger partial charge in [-0.15, -0.1) is 11.8 Å². The second-order valence-electron chi connectivity index (χ2n) is 4.56. The first-order valence-electron chi connectivity index (χ1n) is 6.12. The Balaban J connectivity index is 2.28. The molecule has 2 aliphatic heterocycles. The summed E-state index contributed by atoms with van der Waals surface area (Å²) in [6.07, 6.45) is 1.18. The van der Waals surface area contributed by atoms with Gasteiger partial charge in [-0.05, 0) is 6.92 Å². The largest absolute Gasteiger partial charge is 0.457 e. The summed E-state index contributed by atoms with van der Waals surface area (Å²) in [6, 6.07) is 0. The van der Waals surface area contributed by atoms with Crippen LogP contribution in [-0.2, 0) is 19.1 Å². The van der Waals surface area contributed by atoms with Crippen molar-refractivity contribution in [3.05, 3.63) is 23.9 Å². The molecule has 0 aromatic rings. The van der Waals surface area contributed by atoms with Crippen LogP contribution >= 0.6 is 11.8 Å². The van der Waals surface area contributed by atoms with Crippen molar-refractivity contribution < 1.29 is 24.2 Å². The molecule has 2 heterocycles. The first-order valence-corrected chi connectivity index (χ1v) is 7.16. The highest BCUT2D eigenvalue weighted by atomic mass is 32.2. The van der Waals surface area contributed by atoms with E-state index in [4.69, 9.17) is 4.74 Å². The fraction of sp³-hybridized carbons (Fsp3) is 0.462. The third-order valence-corrected chi connectivity index (χ3v) is 4.55. The molecule has 1 fully saturated rings. The van der Waals surface area contributed by atoms with Gasteiger partial charge in [0, 0.05) is 11.3 Å². The number of nitrogens with zero attached hydrogens (tertiary/aromatic N) is 1. The molecule has 108 valence electrons. The molecule has 20 heavy (non-hydrogen) atoms. The van der Waals surface area contributed by atoms with Gasteiger partial charge in [0.05, 0.1) is 17.4 Å². The SMILES string of the molecule is C=CCOC(=O)C1=C(C=O)CS[C@@H]2[C@@H]([C@@H](C)O)C(=O)N12. The molecule has 0 radical (unpaired) electrons. The molecule has 6 nitrogen and oxygen atoms in total. The van der Waals surface area contributed by atoms with Crippen molar-refractivity contribution in [1.82, 2.24) is 4.90 Å². The van der Waals surface area contributed by atoms with Crippen LogP contribution in [0, 0.1) is 5.92 Å². The lowest BCUT2D eigenvalue weighted by molar-refractivity contribution is -0.158. The Labute approximate surface area is 120 Å². The number of carbonyl (C=O) groups is 3. The van der Waals surface area contributed by atoms with Gasteiger partial charge in [0.1, 0.15) is 18.6 Å². The number of thioether (sulfide) groups is 1. The Kier molecular flexibility index (Phi) is 4.29. The Morgan fingerprint density at radius 1 is 1.70 bits per heavy atom. The monoisotopic (exact) mass is 297 g/mol. The number of amides is 1. The van der Waals surface area contributed by atoms with E-state index in [-0.39, 0.29) is 29.2 Å². The van der Waals surface area contributed by atoms with Gasteiger partial charge in [-0.3, -0.25) is 14.5 Å². The lowest BCUT2D eigenvalue weighted by atomic mass is 9.91. The quantitative estimate of drug-likeness (QED) is 0.335. The molecule has 1 N–H and O–H groups in total. The predicted molar refractivity (Wildman–Crippen MR) is 72.5 cm³/mol. The van der Waals surface area contributed by atoms with Crippen molar-refractivity contribution in [2.75, 3.05) is 12.4 Å². The molecule has 1 saturated heterocycles. The predicted octanol–water partition coefficient (Wildman–Crippen LogP) is 0.0807. The van der Waals surface area contributed by atoms with Gasteiger partial charge in [-0.1, -0.05) is 12.7 Å². The number of aldehydes is 1. The van der Waals surface area contributed by atoms with Crippen molar-refractivity contribution in [3.8, 4) is 0 Å². The van der Waals surface area contributed by atoms with Gasteiger partial charge in [0.15, 0.2) is 0 Å². The van der Waals surface area contributed by atoms with Crippen LogP contribution in [0.5, 0.6) is 0 Å². The second kappa shape index (κ2) is 5.80. The maximum absolute atomic E-state index is 12.1. The van der Waals surface area contributed by atoms with Crippen LogP contribution in [0.4, 0.5) is 0 Å². The van der Waals surface area contributed by atoms with E-state index in [1.54, 1.807) is 0 Å². The van der Waals surface area contributed by atoms with Gasteiger partial charge in [0.2, 0.25) is 5.91 Å². The molecule has 0 aliphatic carbocycles. The average molecular weight is 297 g/mol. The zero-order valence-corrected chi connectivity index (χ0v) is 11.8. The van der Waals surface area contributed by atoms with Crippen molar-refractivity contribution in [3.63, 3.8) is 0 Å². The average Bonchev–Trinajstić information content (AvgIpc) is 2.42. The van der Waals surface area contributed by atoms with E-state index in [0.29, 0.717) is 12.0 Å². The highest BCUT2D eigenvalue weighted by Crippen LogP contribution is 2.44. The summed E-state index contributed by atoms with van der Waals surface area (Å²) in [6.45, 7) is 4.98. The number of β-lactam (4-membered cyclic amide) rings is 1. The normalized spacial score (nSPS) is 26.5. The van der Waals surface area contributed by atoms with E-state index in [1.165, 1.54) is 29.7 Å². The third-order valence-electron chi connectivity index (χ3n) is 3.23. The van der Waals surface area contributed by atoms with Crippen molar-refractivity contribution in [2.45, 2.75) is 18.4 Å². The van der Waals surface area contributed by atoms with E-state index in [9.17, 15) is 19.5 Å². The van der Waals surface area contributed by atoms with Crippen LogP contribution in [0.1, 0.15) is 6.92 Å². The lowest BCUT2D eigenvalue weighted by Crippen LogP contribution is -2.64. The van der Waals surface area contributed by atoms with Gasteiger partial charge < -0.3 is 9.84 Å². The second-order valence-corrected chi connectivity index (χ2v) is 5.66. The Morgan fingerprint density at radius 2 is 2.40 bits per heavy atom. The molecule has 2 aliphatic rings. The van der Waals surface area contributed by atoms with Gasteiger partial charge in [-0.25, -0.2) is 4.79 Å². The summed E-state index contributed by atoms with van der Waals surface area (Å²) in [5, 5.41) is 9.27. The molecule has 0 saturated carbocycles. The summed E-state index contributed by atoms with van der Waals surface area (Å²) in [7, 11) is 0. The molecule has 0 spiro atoms. The summed E-state index contributed by atoms with van der Waals surface area (Å²) in [5.74, 6) is -1.30. The maximum atomic E-state index is 12.1. The lowest BCUT2D eigenvalue weighted by Gasteiger charge is -2.50. The van der Waals surface area contributed by atoms with E-state index in [1.807, 2.05) is 0 Å². The summed E-state index contributed by atoms with van der Waals surface area (Å²) in [4.78, 5) is 36.4. The minimum absolute atomic E-state index is 0.00694. The van der Waals surface area contributed by atoms with Gasteiger partial charge in [0.25, 0.3) is 0 Å². The number of fused-ring (bicyclic) bond motifs is 1. The first kappa shape index (κ1) is 14.8. The van der Waals surface area contributed by atoms with Crippen LogP contribution in [0.3, 0.4) is 0 Å². The fourth-order valence-electron chi connectivity index (χ4n) is 2.27. The van der Waals surface area contributed by atoms with Crippen molar-refractivity contribution in [1.29, 1.82) is 0 Å². The molecule has 3 atom stereocenters. The van der Waals surface area contributed by atoms with Crippen LogP contribution in [-0.4, -0.2) is 52.0 Å². The summed E-state index contributed by atoms with van der Waals surface area (Å²) in [5.41, 5.74) is 0.227. The topological polar surface area (TPSA) is 83.9 Å². The minimum Gasteiger partial charge on any atom is -0.457 e. The summed E-state index contributed by atoms with van der Waals surface area (Å²) < 4.78 is 4.92. The minimum atomic E-state index is -0.792. The molecule has 0 unspecified atom stereocenters. The Hall–Kier alpha value is -1.60. The smallest absolute Gasteiger partial charge is 0.355 e. The number of ether oxygens (including phenoxy) is 1. The highest BCUT2D eigenvalue weighted by Gasteiger charge is 2.55. The molecule has 7 heteroatoms. The number of hydrogen-bond acceptors (Lipinski definition) is 6. The number of hydrogen-bond donors (Lipinski definition) is 1. The van der Waals surface area contributed by atoms with E-state index < -0.39 is 18.0 Å². The Bertz CT molecular complexity index is 499. The van der Waals surface area contributed by atoms with Crippen LogP contribution < -0.4 is 0 Å². The number of rotatable bonds is 5. The molecular weight excluding hydrogens is 282 g/mol. The zero-order chi connectivity index (χ0) is 14.9. The standard InChI is InChI=1S/C13H15NO5S/c1-3-4-19-13(18)10-8(5-15)6-20-12-9(7(2)16)11(17)14(10)12/h3,5,7,9,12,16H,1,4,6H2,2H3/t7-,9+,12-/m1/s1. The van der Waals surface area contributed by atoms with Gasteiger partial charge >= 0.3 is 5.97 Å². The van der Waals surface area contributed by atoms with Crippen LogP contribution in [0.2, 0.25) is 0 Å². The third kappa shape index (κ3) is 2.27. The number of aliphatic hydroxyl groups is 1. The zero-order valence-electron chi connectivity index (χ0n) is 10.9. The number of esters is 1. The van der Waals surface area contributed by atoms with E-state index in [0.717, 1.165) is 0 Å². The first-order chi connectivity index (χ1) is 9.52. The maximum Gasteiger partial charge on any atom is 0.355 e. The fourth-order valence-corrected chi connectivity index (χ4v) is 3.73. The summed E-state index contributed by atoms with van der Waals surface area (Å²) >= 11 is 1.36. The number of aliphatic hydroxyl groups excluding tert-OH is 1. The van der Waals surface area contributed by atoms with Crippen molar-refractivity contribution in [2.24, 2.45) is 5.92 Å². The molecule has 0 bridgehead atoms. The van der Waals surface area contributed by atoms with Crippen molar-refractivity contribution >= 4 is 29.9 Å². The molecular formula is C13H15NO5S. The molecule has 0 aromatic carbocycles. The van der Waals surface area contributed by atoms with E-state index >= 15 is 0 Å². The molecule has 1 amide bonds. The number of carbonyl (C=O) groups excluding carboxylic acids is 3. The Morgan fingerprint density at radius 3 is 2.95 bits per heavy atom. The molecule has 0 aromatic heterocycles. The van der Waals surface area contributed by atoms with Crippen LogP contribution in [0.25, 0.3) is 0 Å². The molecule has 2 rings (SSSR count). The van der Waals surface area contributed by atoms with Gasteiger partial charge in [-0.2, -0.15) is 0 Å². The highest BCUT2D eigenvalue weighted by molar-refractivity contribution is 8.00.